The quantitative estimate of drug-likeness (QED) is 0.156. The zero-order valence-corrected chi connectivity index (χ0v) is 29.6. The largest absolute Gasteiger partial charge is 0.338 e. The molecule has 0 aliphatic rings. The van der Waals surface area contributed by atoms with E-state index in [1.807, 2.05) is 69.8 Å². The molecule has 0 radical (unpaired) electrons. The molecule has 1 heterocycles. The first-order valence-corrected chi connectivity index (χ1v) is 18.2. The number of hydrogen-bond acceptors (Lipinski definition) is 1. The van der Waals surface area contributed by atoms with Gasteiger partial charge < -0.3 is 0 Å². The highest BCUT2D eigenvalue weighted by Crippen LogP contribution is 2.39. The molecule has 0 unspecified atom stereocenters. The van der Waals surface area contributed by atoms with Gasteiger partial charge in [0, 0.05) is 11.1 Å². The van der Waals surface area contributed by atoms with Crippen LogP contribution in [0.1, 0.15) is 0 Å². The second kappa shape index (κ2) is 14.4. The molecular weight excluding hydrogens is 657 g/mol. The lowest BCUT2D eigenvalue weighted by molar-refractivity contribution is 0.914. The van der Waals surface area contributed by atoms with E-state index in [1.54, 1.807) is 0 Å². The Bertz CT molecular complexity index is 2430. The fourth-order valence-corrected chi connectivity index (χ4v) is 7.38. The molecule has 0 saturated carbocycles. The van der Waals surface area contributed by atoms with Gasteiger partial charge in [0.1, 0.15) is 0 Å². The second-order valence-corrected chi connectivity index (χ2v) is 13.4. The van der Waals surface area contributed by atoms with Gasteiger partial charge in [-0.1, -0.05) is 182 Å². The molecule has 0 atom stereocenters. The van der Waals surface area contributed by atoms with Gasteiger partial charge in [0.2, 0.25) is 0 Å². The Labute approximate surface area is 315 Å². The van der Waals surface area contributed by atoms with Crippen molar-refractivity contribution in [1.29, 1.82) is 0 Å². The van der Waals surface area contributed by atoms with E-state index in [-0.39, 0.29) is 5.69 Å². The topological polar surface area (TPSA) is 26.9 Å². The summed E-state index contributed by atoms with van der Waals surface area (Å²) in [4.78, 5) is 15.7. The fraction of sp³-hybridized carbons (Fsp3) is 0. The van der Waals surface area contributed by atoms with E-state index >= 15 is 4.79 Å². The molecule has 0 N–H and O–H groups in total. The Hall–Kier alpha value is -7.23. The summed E-state index contributed by atoms with van der Waals surface area (Å²) in [5, 5.41) is 0. The molecule has 1 aromatic heterocycles. The summed E-state index contributed by atoms with van der Waals surface area (Å²) in [5.41, 5.74) is 13.4. The third kappa shape index (κ3) is 6.29. The fourth-order valence-electron chi connectivity index (χ4n) is 7.38. The third-order valence-electron chi connectivity index (χ3n) is 9.93. The monoisotopic (exact) mass is 692 g/mol. The SMILES string of the molecule is O=c1n(-c2cc(-c3ccccc3)cc(-c3ccccc3)c2)c(-c2ccccc2)c(-c2ccccc2)n1-c1cc(-c2ccccc2)cc(-c2ccccc2)c1. The highest BCUT2D eigenvalue weighted by molar-refractivity contribution is 5.85. The van der Waals surface area contributed by atoms with Crippen LogP contribution in [0.2, 0.25) is 0 Å². The summed E-state index contributed by atoms with van der Waals surface area (Å²) < 4.78 is 3.82. The van der Waals surface area contributed by atoms with Gasteiger partial charge in [-0.3, -0.25) is 9.13 Å². The maximum Gasteiger partial charge on any atom is 0.338 e. The molecule has 54 heavy (non-hydrogen) atoms. The van der Waals surface area contributed by atoms with E-state index in [1.165, 1.54) is 0 Å². The van der Waals surface area contributed by atoms with Crippen LogP contribution >= 0.6 is 0 Å². The van der Waals surface area contributed by atoms with Gasteiger partial charge in [0.25, 0.3) is 0 Å². The van der Waals surface area contributed by atoms with Crippen molar-refractivity contribution in [2.75, 3.05) is 0 Å². The van der Waals surface area contributed by atoms with E-state index in [0.717, 1.165) is 78.4 Å². The minimum Gasteiger partial charge on any atom is -0.260 e. The van der Waals surface area contributed by atoms with Gasteiger partial charge in [-0.25, -0.2) is 4.79 Å². The third-order valence-corrected chi connectivity index (χ3v) is 9.93. The molecule has 0 aliphatic carbocycles. The first-order valence-electron chi connectivity index (χ1n) is 18.2. The Balaban J connectivity index is 1.41. The minimum absolute atomic E-state index is 0.152. The maximum atomic E-state index is 15.7. The van der Waals surface area contributed by atoms with Crippen LogP contribution in [-0.2, 0) is 0 Å². The van der Waals surface area contributed by atoms with Crippen LogP contribution in [0, 0.1) is 0 Å². The summed E-state index contributed by atoms with van der Waals surface area (Å²) in [6.45, 7) is 0. The molecule has 3 nitrogen and oxygen atoms in total. The molecule has 3 heteroatoms. The summed E-state index contributed by atoms with van der Waals surface area (Å²) in [6, 6.07) is 75.1. The lowest BCUT2D eigenvalue weighted by Crippen LogP contribution is -2.23. The lowest BCUT2D eigenvalue weighted by atomic mass is 9.97. The van der Waals surface area contributed by atoms with Gasteiger partial charge >= 0.3 is 5.69 Å². The molecule has 256 valence electrons. The predicted molar refractivity (Wildman–Crippen MR) is 224 cm³/mol. The van der Waals surface area contributed by atoms with E-state index in [4.69, 9.17) is 0 Å². The van der Waals surface area contributed by atoms with Crippen LogP contribution in [-0.4, -0.2) is 9.13 Å². The van der Waals surface area contributed by atoms with Gasteiger partial charge in [-0.05, 0) is 80.9 Å². The molecule has 0 spiro atoms. The Morgan fingerprint density at radius 3 is 0.704 bits per heavy atom. The minimum atomic E-state index is -0.152. The summed E-state index contributed by atoms with van der Waals surface area (Å²) in [7, 11) is 0. The molecule has 0 saturated heterocycles. The average Bonchev–Trinajstić information content (AvgIpc) is 3.57. The number of rotatable bonds is 8. The molecule has 0 aliphatic heterocycles. The number of imidazole rings is 1. The molecule has 0 fully saturated rings. The number of aromatic nitrogens is 2. The highest BCUT2D eigenvalue weighted by Gasteiger charge is 2.26. The van der Waals surface area contributed by atoms with Crippen LogP contribution in [0.15, 0.2) is 223 Å². The molecule has 9 aromatic rings. The molecule has 8 aromatic carbocycles. The molecule has 0 bridgehead atoms. The number of benzene rings is 8. The van der Waals surface area contributed by atoms with Gasteiger partial charge in [-0.2, -0.15) is 0 Å². The van der Waals surface area contributed by atoms with Crippen molar-refractivity contribution in [3.63, 3.8) is 0 Å². The molecule has 9 rings (SSSR count). The van der Waals surface area contributed by atoms with E-state index in [9.17, 15) is 0 Å². The van der Waals surface area contributed by atoms with E-state index in [2.05, 4.69) is 158 Å². The first kappa shape index (κ1) is 32.7. The summed E-state index contributed by atoms with van der Waals surface area (Å²) in [5.74, 6) is 0. The number of nitrogens with zero attached hydrogens (tertiary/aromatic N) is 2. The van der Waals surface area contributed by atoms with Crippen molar-refractivity contribution >= 4 is 0 Å². The summed E-state index contributed by atoms with van der Waals surface area (Å²) >= 11 is 0. The zero-order valence-electron chi connectivity index (χ0n) is 29.6. The number of hydrogen-bond donors (Lipinski definition) is 0. The van der Waals surface area contributed by atoms with Crippen LogP contribution in [0.25, 0.3) is 78.4 Å². The van der Waals surface area contributed by atoms with E-state index in [0.29, 0.717) is 0 Å². The van der Waals surface area contributed by atoms with Crippen molar-refractivity contribution in [3.8, 4) is 78.4 Å². The van der Waals surface area contributed by atoms with Crippen molar-refractivity contribution in [2.45, 2.75) is 0 Å². The highest BCUT2D eigenvalue weighted by atomic mass is 16.1. The maximum absolute atomic E-state index is 15.7. The van der Waals surface area contributed by atoms with Crippen molar-refractivity contribution in [3.05, 3.63) is 229 Å². The van der Waals surface area contributed by atoms with Crippen LogP contribution in [0.5, 0.6) is 0 Å². The Kier molecular flexibility index (Phi) is 8.72. The zero-order chi connectivity index (χ0) is 36.3. The average molecular weight is 693 g/mol. The van der Waals surface area contributed by atoms with Crippen molar-refractivity contribution in [2.24, 2.45) is 0 Å². The standard InChI is InChI=1S/C51H36N2O/c54-51-52(47-33-43(37-19-7-1-8-20-37)31-44(34-47)38-21-9-2-10-22-38)49(41-27-15-5-16-28-41)50(42-29-17-6-18-30-42)53(51)48-35-45(39-23-11-3-12-24-39)32-46(36-48)40-25-13-4-14-26-40/h1-36H. The second-order valence-electron chi connectivity index (χ2n) is 13.4. The predicted octanol–water partition coefficient (Wildman–Crippen LogP) is 12.6. The van der Waals surface area contributed by atoms with Gasteiger partial charge in [0.05, 0.1) is 22.8 Å². The first-order chi connectivity index (χ1) is 26.7. The van der Waals surface area contributed by atoms with Crippen LogP contribution < -0.4 is 5.69 Å². The Morgan fingerprint density at radius 1 is 0.241 bits per heavy atom. The molecule has 0 amide bonds. The van der Waals surface area contributed by atoms with E-state index < -0.39 is 0 Å². The van der Waals surface area contributed by atoms with Crippen LogP contribution in [0.3, 0.4) is 0 Å². The van der Waals surface area contributed by atoms with Crippen molar-refractivity contribution < 1.29 is 0 Å². The normalized spacial score (nSPS) is 11.0. The smallest absolute Gasteiger partial charge is 0.260 e. The van der Waals surface area contributed by atoms with Crippen molar-refractivity contribution in [1.82, 2.24) is 9.13 Å². The lowest BCUT2D eigenvalue weighted by Gasteiger charge is -2.15. The van der Waals surface area contributed by atoms with Gasteiger partial charge in [0.15, 0.2) is 0 Å². The Morgan fingerprint density at radius 2 is 0.463 bits per heavy atom. The summed E-state index contributed by atoms with van der Waals surface area (Å²) in [6.07, 6.45) is 0. The van der Waals surface area contributed by atoms with Gasteiger partial charge in [-0.15, -0.1) is 0 Å². The van der Waals surface area contributed by atoms with Crippen LogP contribution in [0.4, 0.5) is 0 Å². The molecular formula is C51H36N2O.